The van der Waals surface area contributed by atoms with Crippen LogP contribution in [0, 0.1) is 18.3 Å². The molecule has 2 heterocycles. The summed E-state index contributed by atoms with van der Waals surface area (Å²) in [5.41, 5.74) is 3.69. The molecule has 1 N–H and O–H groups in total. The molecule has 5 heteroatoms. The number of nitriles is 1. The van der Waals surface area contributed by atoms with Crippen molar-refractivity contribution in [1.82, 2.24) is 15.1 Å². The van der Waals surface area contributed by atoms with Crippen molar-refractivity contribution in [1.29, 1.82) is 5.26 Å². The van der Waals surface area contributed by atoms with Crippen LogP contribution in [0.5, 0.6) is 0 Å². The van der Waals surface area contributed by atoms with Gasteiger partial charge < -0.3 is 0 Å². The molecule has 0 aliphatic carbocycles. The highest BCUT2D eigenvalue weighted by Crippen LogP contribution is 2.31. The molecule has 0 bridgehead atoms. The van der Waals surface area contributed by atoms with Crippen LogP contribution in [0.15, 0.2) is 35.1 Å². The van der Waals surface area contributed by atoms with Gasteiger partial charge in [0.05, 0.1) is 23.4 Å². The second-order valence-electron chi connectivity index (χ2n) is 5.74. The van der Waals surface area contributed by atoms with Crippen LogP contribution in [0.3, 0.4) is 0 Å². The Morgan fingerprint density at radius 1 is 1.41 bits per heavy atom. The number of nitrogens with zero attached hydrogens (tertiary/aromatic N) is 3. The Morgan fingerprint density at radius 3 is 2.95 bits per heavy atom. The number of hydrogen-bond donors (Lipinski definition) is 1. The molecule has 1 aliphatic rings. The molecular formula is C17H18N4O. The molecule has 0 radical (unpaired) electrons. The van der Waals surface area contributed by atoms with Crippen LogP contribution in [0.25, 0.3) is 0 Å². The van der Waals surface area contributed by atoms with Crippen molar-refractivity contribution >= 4 is 0 Å². The standard InChI is InChI=1S/C17H18N4O/c1-12-9-13(4-5-14(12)10-18)11-21-8-2-3-16(21)15-6-7-17(22)20-19-15/h4-7,9,16H,2-3,8,11H2,1H3,(H,20,22). The van der Waals surface area contributed by atoms with E-state index in [0.717, 1.165) is 42.8 Å². The Bertz CT molecular complexity index is 754. The SMILES string of the molecule is Cc1cc(CN2CCCC2c2ccc(=O)[nH]n2)ccc1C#N. The topological polar surface area (TPSA) is 72.8 Å². The number of nitrogens with one attached hydrogen (secondary N) is 1. The van der Waals surface area contributed by atoms with E-state index >= 15 is 0 Å². The van der Waals surface area contributed by atoms with Crippen LogP contribution >= 0.6 is 0 Å². The lowest BCUT2D eigenvalue weighted by atomic mass is 10.0. The van der Waals surface area contributed by atoms with E-state index in [2.05, 4.69) is 27.2 Å². The fourth-order valence-electron chi connectivity index (χ4n) is 3.08. The van der Waals surface area contributed by atoms with Gasteiger partial charge in [-0.1, -0.05) is 12.1 Å². The quantitative estimate of drug-likeness (QED) is 0.942. The number of aromatic amines is 1. The Hall–Kier alpha value is -2.45. The number of rotatable bonds is 3. The number of likely N-dealkylation sites (tertiary alicyclic amines) is 1. The molecule has 1 aliphatic heterocycles. The van der Waals surface area contributed by atoms with Crippen LogP contribution < -0.4 is 5.56 Å². The molecule has 0 saturated carbocycles. The van der Waals surface area contributed by atoms with E-state index in [1.165, 1.54) is 11.6 Å². The summed E-state index contributed by atoms with van der Waals surface area (Å²) < 4.78 is 0. The smallest absolute Gasteiger partial charge is 0.264 e. The van der Waals surface area contributed by atoms with E-state index < -0.39 is 0 Å². The maximum absolute atomic E-state index is 11.1. The third-order valence-corrected chi connectivity index (χ3v) is 4.20. The Morgan fingerprint density at radius 2 is 2.27 bits per heavy atom. The van der Waals surface area contributed by atoms with Crippen LogP contribution in [-0.4, -0.2) is 21.6 Å². The summed E-state index contributed by atoms with van der Waals surface area (Å²) in [4.78, 5) is 13.5. The van der Waals surface area contributed by atoms with E-state index in [0.29, 0.717) is 0 Å². The van der Waals surface area contributed by atoms with E-state index in [-0.39, 0.29) is 11.6 Å². The molecule has 1 atom stereocenters. The van der Waals surface area contributed by atoms with Crippen molar-refractivity contribution in [2.24, 2.45) is 0 Å². The first-order valence-electron chi connectivity index (χ1n) is 7.46. The summed E-state index contributed by atoms with van der Waals surface area (Å²) in [6, 6.07) is 11.8. The highest BCUT2D eigenvalue weighted by Gasteiger charge is 2.27. The summed E-state index contributed by atoms with van der Waals surface area (Å²) in [5, 5.41) is 15.7. The molecule has 1 aromatic heterocycles. The first-order chi connectivity index (χ1) is 10.7. The third kappa shape index (κ3) is 2.92. The van der Waals surface area contributed by atoms with Crippen molar-refractivity contribution in [3.05, 3.63) is 63.1 Å². The highest BCUT2D eigenvalue weighted by atomic mass is 16.1. The van der Waals surface area contributed by atoms with Crippen LogP contribution in [0.4, 0.5) is 0 Å². The van der Waals surface area contributed by atoms with Gasteiger partial charge in [-0.25, -0.2) is 5.10 Å². The molecule has 5 nitrogen and oxygen atoms in total. The predicted octanol–water partition coefficient (Wildman–Crippen LogP) is 2.29. The number of aromatic nitrogens is 2. The van der Waals surface area contributed by atoms with Gasteiger partial charge in [-0.3, -0.25) is 9.69 Å². The summed E-state index contributed by atoms with van der Waals surface area (Å²) in [5.74, 6) is 0. The van der Waals surface area contributed by atoms with Gasteiger partial charge in [0.25, 0.3) is 5.56 Å². The maximum Gasteiger partial charge on any atom is 0.264 e. The summed E-state index contributed by atoms with van der Waals surface area (Å²) >= 11 is 0. The van der Waals surface area contributed by atoms with Crippen LogP contribution in [-0.2, 0) is 6.54 Å². The van der Waals surface area contributed by atoms with Crippen LogP contribution in [0.2, 0.25) is 0 Å². The lowest BCUT2D eigenvalue weighted by molar-refractivity contribution is 0.243. The lowest BCUT2D eigenvalue weighted by Crippen LogP contribution is -2.24. The molecular weight excluding hydrogens is 276 g/mol. The average Bonchev–Trinajstić information content (AvgIpc) is 2.96. The fourth-order valence-corrected chi connectivity index (χ4v) is 3.08. The normalized spacial score (nSPS) is 18.3. The molecule has 1 saturated heterocycles. The first-order valence-corrected chi connectivity index (χ1v) is 7.46. The number of hydrogen-bond acceptors (Lipinski definition) is 4. The summed E-state index contributed by atoms with van der Waals surface area (Å²) in [6.07, 6.45) is 2.18. The zero-order valence-electron chi connectivity index (χ0n) is 12.5. The molecule has 1 fully saturated rings. The second-order valence-corrected chi connectivity index (χ2v) is 5.74. The minimum atomic E-state index is -0.170. The molecule has 112 valence electrons. The lowest BCUT2D eigenvalue weighted by Gasteiger charge is -2.24. The monoisotopic (exact) mass is 294 g/mol. The van der Waals surface area contributed by atoms with Gasteiger partial charge in [-0.2, -0.15) is 10.4 Å². The number of benzene rings is 1. The molecule has 0 spiro atoms. The van der Waals surface area contributed by atoms with Gasteiger partial charge in [0.15, 0.2) is 0 Å². The first kappa shape index (κ1) is 14.5. The van der Waals surface area contributed by atoms with E-state index in [9.17, 15) is 4.79 Å². The van der Waals surface area contributed by atoms with Crippen molar-refractivity contribution in [2.75, 3.05) is 6.54 Å². The van der Waals surface area contributed by atoms with Crippen LogP contribution in [0.1, 0.15) is 41.3 Å². The molecule has 0 amide bonds. The Balaban J connectivity index is 1.79. The Labute approximate surface area is 129 Å². The molecule has 1 aromatic carbocycles. The fraction of sp³-hybridized carbons (Fsp3) is 0.353. The Kier molecular flexibility index (Phi) is 4.03. The molecule has 1 unspecified atom stereocenters. The van der Waals surface area contributed by atoms with Gasteiger partial charge in [0.2, 0.25) is 0 Å². The second kappa shape index (κ2) is 6.12. The van der Waals surface area contributed by atoms with Gasteiger partial charge in [0, 0.05) is 12.6 Å². The van der Waals surface area contributed by atoms with Gasteiger partial charge in [-0.05, 0) is 49.6 Å². The third-order valence-electron chi connectivity index (χ3n) is 4.20. The molecule has 2 aromatic rings. The van der Waals surface area contributed by atoms with Crippen molar-refractivity contribution in [2.45, 2.75) is 32.4 Å². The number of aryl methyl sites for hydroxylation is 1. The summed E-state index contributed by atoms with van der Waals surface area (Å²) in [7, 11) is 0. The molecule has 3 rings (SSSR count). The predicted molar refractivity (Wildman–Crippen MR) is 83.1 cm³/mol. The van der Waals surface area contributed by atoms with Crippen molar-refractivity contribution in [3.8, 4) is 6.07 Å². The van der Waals surface area contributed by atoms with Crippen molar-refractivity contribution in [3.63, 3.8) is 0 Å². The van der Waals surface area contributed by atoms with Gasteiger partial charge >= 0.3 is 0 Å². The van der Waals surface area contributed by atoms with E-state index in [1.807, 2.05) is 25.1 Å². The number of H-pyrrole nitrogens is 1. The van der Waals surface area contributed by atoms with Gasteiger partial charge in [0.1, 0.15) is 0 Å². The van der Waals surface area contributed by atoms with Crippen molar-refractivity contribution < 1.29 is 0 Å². The zero-order chi connectivity index (χ0) is 15.5. The van der Waals surface area contributed by atoms with E-state index in [1.54, 1.807) is 0 Å². The minimum absolute atomic E-state index is 0.170. The maximum atomic E-state index is 11.1. The minimum Gasteiger partial charge on any atom is -0.290 e. The van der Waals surface area contributed by atoms with E-state index in [4.69, 9.17) is 5.26 Å². The van der Waals surface area contributed by atoms with Gasteiger partial charge in [-0.15, -0.1) is 0 Å². The largest absolute Gasteiger partial charge is 0.290 e. The highest BCUT2D eigenvalue weighted by molar-refractivity contribution is 5.39. The zero-order valence-corrected chi connectivity index (χ0v) is 12.5. The average molecular weight is 294 g/mol. The summed E-state index contributed by atoms with van der Waals surface area (Å²) in [6.45, 7) is 3.82. The molecule has 22 heavy (non-hydrogen) atoms.